The third-order valence-electron chi connectivity index (χ3n) is 3.95. The summed E-state index contributed by atoms with van der Waals surface area (Å²) in [6.07, 6.45) is 0.485. The van der Waals surface area contributed by atoms with Crippen LogP contribution in [0.3, 0.4) is 0 Å². The van der Waals surface area contributed by atoms with Gasteiger partial charge in [0, 0.05) is 7.05 Å². The number of nitrogens with zero attached hydrogens (tertiary/aromatic N) is 5. The van der Waals surface area contributed by atoms with E-state index >= 15 is 0 Å². The molecule has 3 aromatic rings. The van der Waals surface area contributed by atoms with E-state index in [2.05, 4.69) is 25.7 Å². The molecule has 0 radical (unpaired) electrons. The van der Waals surface area contributed by atoms with Gasteiger partial charge in [-0.1, -0.05) is 30.0 Å². The standard InChI is InChI=1S/C18H22N6O3S2/c1-5-15-20-22-17(29-15)19-14(25)10-28-18-23-21-16(24(18)3)11(2)27-13-8-6-12(26-4)7-9-13/h6-9,11H,5,10H2,1-4H3,(H,19,22,25). The Balaban J connectivity index is 1.55. The average molecular weight is 435 g/mol. The maximum absolute atomic E-state index is 12.1. The molecule has 29 heavy (non-hydrogen) atoms. The lowest BCUT2D eigenvalue weighted by Gasteiger charge is -2.14. The summed E-state index contributed by atoms with van der Waals surface area (Å²) in [6.45, 7) is 3.89. The predicted octanol–water partition coefficient (Wildman–Crippen LogP) is 3.11. The van der Waals surface area contributed by atoms with Gasteiger partial charge < -0.3 is 14.0 Å². The molecule has 1 amide bonds. The van der Waals surface area contributed by atoms with Crippen molar-refractivity contribution in [2.75, 3.05) is 18.2 Å². The number of carbonyl (C=O) groups excluding carboxylic acids is 1. The first kappa shape index (κ1) is 21.1. The molecule has 0 saturated heterocycles. The molecule has 2 heterocycles. The summed E-state index contributed by atoms with van der Waals surface area (Å²) in [6, 6.07) is 7.34. The molecule has 1 unspecified atom stereocenters. The molecule has 9 nitrogen and oxygen atoms in total. The quantitative estimate of drug-likeness (QED) is 0.512. The summed E-state index contributed by atoms with van der Waals surface area (Å²) < 4.78 is 12.9. The molecule has 0 aliphatic heterocycles. The van der Waals surface area contributed by atoms with Crippen LogP contribution in [0.25, 0.3) is 0 Å². The molecule has 2 aromatic heterocycles. The number of aryl methyl sites for hydroxylation is 1. The van der Waals surface area contributed by atoms with Gasteiger partial charge in [-0.15, -0.1) is 20.4 Å². The lowest BCUT2D eigenvalue weighted by molar-refractivity contribution is -0.113. The minimum Gasteiger partial charge on any atom is -0.497 e. The van der Waals surface area contributed by atoms with Crippen LogP contribution >= 0.6 is 23.1 Å². The van der Waals surface area contributed by atoms with E-state index in [4.69, 9.17) is 9.47 Å². The first-order valence-electron chi connectivity index (χ1n) is 8.95. The highest BCUT2D eigenvalue weighted by Gasteiger charge is 2.18. The number of ether oxygens (including phenoxy) is 2. The molecule has 0 aliphatic carbocycles. The summed E-state index contributed by atoms with van der Waals surface area (Å²) in [5.74, 6) is 2.17. The van der Waals surface area contributed by atoms with Crippen LogP contribution in [0, 0.1) is 0 Å². The Labute approximate surface area is 176 Å². The van der Waals surface area contributed by atoms with Crippen molar-refractivity contribution in [3.05, 3.63) is 35.1 Å². The molecule has 0 spiro atoms. The normalized spacial score (nSPS) is 11.9. The molecule has 0 saturated carbocycles. The van der Waals surface area contributed by atoms with Crippen LogP contribution in [0.15, 0.2) is 29.4 Å². The van der Waals surface area contributed by atoms with Crippen LogP contribution in [-0.2, 0) is 18.3 Å². The summed E-state index contributed by atoms with van der Waals surface area (Å²) in [4.78, 5) is 12.1. The number of thioether (sulfide) groups is 1. The molecule has 1 atom stereocenters. The van der Waals surface area contributed by atoms with Gasteiger partial charge in [0.2, 0.25) is 11.0 Å². The molecular formula is C18H22N6O3S2. The molecule has 154 valence electrons. The Morgan fingerprint density at radius 1 is 1.21 bits per heavy atom. The van der Waals surface area contributed by atoms with Crippen LogP contribution in [0.5, 0.6) is 11.5 Å². The van der Waals surface area contributed by atoms with Crippen LogP contribution in [-0.4, -0.2) is 43.7 Å². The molecule has 3 rings (SSSR count). The molecule has 11 heteroatoms. The Morgan fingerprint density at radius 2 is 1.93 bits per heavy atom. The van der Waals surface area contributed by atoms with Gasteiger partial charge in [0.25, 0.3) is 0 Å². The molecule has 0 bridgehead atoms. The van der Waals surface area contributed by atoms with Crippen LogP contribution in [0.2, 0.25) is 0 Å². The monoisotopic (exact) mass is 434 g/mol. The van der Waals surface area contributed by atoms with E-state index in [0.717, 1.165) is 17.2 Å². The SMILES string of the molecule is CCc1nnc(NC(=O)CSc2nnc(C(C)Oc3ccc(OC)cc3)n2C)s1. The molecule has 1 N–H and O–H groups in total. The van der Waals surface area contributed by atoms with Gasteiger partial charge in [0.1, 0.15) is 16.5 Å². The van der Waals surface area contributed by atoms with Gasteiger partial charge in [-0.25, -0.2) is 0 Å². The van der Waals surface area contributed by atoms with Gasteiger partial charge in [0.15, 0.2) is 17.1 Å². The minimum atomic E-state index is -0.307. The number of hydrogen-bond donors (Lipinski definition) is 1. The predicted molar refractivity (Wildman–Crippen MR) is 112 cm³/mol. The van der Waals surface area contributed by atoms with Crippen molar-refractivity contribution in [2.45, 2.75) is 31.5 Å². The zero-order valence-electron chi connectivity index (χ0n) is 16.6. The van der Waals surface area contributed by atoms with Gasteiger partial charge in [0.05, 0.1) is 12.9 Å². The first-order valence-corrected chi connectivity index (χ1v) is 10.7. The molecule has 0 aliphatic rings. The number of amides is 1. The highest BCUT2D eigenvalue weighted by atomic mass is 32.2. The fourth-order valence-electron chi connectivity index (χ4n) is 2.45. The van der Waals surface area contributed by atoms with E-state index in [9.17, 15) is 4.79 Å². The highest BCUT2D eigenvalue weighted by molar-refractivity contribution is 7.99. The molecule has 1 aromatic carbocycles. The summed E-state index contributed by atoms with van der Waals surface area (Å²) >= 11 is 2.67. The lowest BCUT2D eigenvalue weighted by Crippen LogP contribution is -2.14. The lowest BCUT2D eigenvalue weighted by atomic mass is 10.3. The van der Waals surface area contributed by atoms with Gasteiger partial charge in [-0.05, 0) is 37.6 Å². The zero-order chi connectivity index (χ0) is 20.8. The Kier molecular flexibility index (Phi) is 7.04. The third kappa shape index (κ3) is 5.45. The van der Waals surface area contributed by atoms with Crippen molar-refractivity contribution >= 4 is 34.1 Å². The van der Waals surface area contributed by atoms with E-state index in [1.54, 1.807) is 7.11 Å². The summed E-state index contributed by atoms with van der Waals surface area (Å²) in [5.41, 5.74) is 0. The van der Waals surface area contributed by atoms with Crippen LogP contribution in [0.4, 0.5) is 5.13 Å². The molecule has 0 fully saturated rings. The summed E-state index contributed by atoms with van der Waals surface area (Å²) in [5, 5.41) is 21.1. The summed E-state index contributed by atoms with van der Waals surface area (Å²) in [7, 11) is 3.47. The second-order valence-corrected chi connectivity index (χ2v) is 8.03. The topological polar surface area (TPSA) is 104 Å². The second kappa shape index (κ2) is 9.70. The average Bonchev–Trinajstić information content (AvgIpc) is 3.33. The minimum absolute atomic E-state index is 0.166. The van der Waals surface area contributed by atoms with E-state index < -0.39 is 0 Å². The highest BCUT2D eigenvalue weighted by Crippen LogP contribution is 2.25. The third-order valence-corrected chi connectivity index (χ3v) is 5.96. The van der Waals surface area contributed by atoms with E-state index in [1.807, 2.05) is 49.7 Å². The van der Waals surface area contributed by atoms with Crippen LogP contribution < -0.4 is 14.8 Å². The Morgan fingerprint density at radius 3 is 2.59 bits per heavy atom. The van der Waals surface area contributed by atoms with E-state index in [0.29, 0.717) is 21.9 Å². The number of nitrogens with one attached hydrogen (secondary N) is 1. The maximum Gasteiger partial charge on any atom is 0.236 e. The Hall–Kier alpha value is -2.66. The second-order valence-electron chi connectivity index (χ2n) is 6.03. The van der Waals surface area contributed by atoms with Crippen LogP contribution in [0.1, 0.15) is 30.8 Å². The maximum atomic E-state index is 12.1. The number of benzene rings is 1. The largest absolute Gasteiger partial charge is 0.497 e. The number of hydrogen-bond acceptors (Lipinski definition) is 9. The number of aromatic nitrogens is 5. The van der Waals surface area contributed by atoms with Gasteiger partial charge >= 0.3 is 0 Å². The van der Waals surface area contributed by atoms with Crippen molar-refractivity contribution in [3.8, 4) is 11.5 Å². The van der Waals surface area contributed by atoms with Crippen molar-refractivity contribution in [3.63, 3.8) is 0 Å². The number of carbonyl (C=O) groups is 1. The smallest absolute Gasteiger partial charge is 0.236 e. The van der Waals surface area contributed by atoms with E-state index in [-0.39, 0.29) is 17.8 Å². The number of rotatable bonds is 9. The number of anilines is 1. The fraction of sp³-hybridized carbons (Fsp3) is 0.389. The van der Waals surface area contributed by atoms with E-state index in [1.165, 1.54) is 23.1 Å². The van der Waals surface area contributed by atoms with Crippen molar-refractivity contribution in [1.82, 2.24) is 25.0 Å². The number of methoxy groups -OCH3 is 1. The van der Waals surface area contributed by atoms with Crippen molar-refractivity contribution in [1.29, 1.82) is 0 Å². The van der Waals surface area contributed by atoms with Crippen molar-refractivity contribution in [2.24, 2.45) is 7.05 Å². The Bertz CT molecular complexity index is 957. The van der Waals surface area contributed by atoms with Gasteiger partial charge in [-0.3, -0.25) is 10.1 Å². The zero-order valence-corrected chi connectivity index (χ0v) is 18.2. The molecular weight excluding hydrogens is 412 g/mol. The van der Waals surface area contributed by atoms with Crippen molar-refractivity contribution < 1.29 is 14.3 Å². The van der Waals surface area contributed by atoms with Gasteiger partial charge in [-0.2, -0.15) is 0 Å². The first-order chi connectivity index (χ1) is 14.0. The fourth-order valence-corrected chi connectivity index (χ4v) is 3.86.